The van der Waals surface area contributed by atoms with Gasteiger partial charge in [0.25, 0.3) is 5.91 Å². The average molecular weight is 478 g/mol. The number of hydrazone groups is 1. The molecule has 35 heavy (non-hydrogen) atoms. The molecule has 0 atom stereocenters. The molecule has 3 N–H and O–H groups in total. The summed E-state index contributed by atoms with van der Waals surface area (Å²) < 4.78 is 23.7. The highest BCUT2D eigenvalue weighted by Gasteiger charge is 2.15. The summed E-state index contributed by atoms with van der Waals surface area (Å²) in [7, 11) is 0. The zero-order chi connectivity index (χ0) is 25.0. The molecule has 0 aliphatic carbocycles. The van der Waals surface area contributed by atoms with Gasteiger partial charge in [-0.15, -0.1) is 0 Å². The van der Waals surface area contributed by atoms with E-state index in [4.69, 9.17) is 9.47 Å². The van der Waals surface area contributed by atoms with E-state index in [0.717, 1.165) is 0 Å². The average Bonchev–Trinajstić information content (AvgIpc) is 2.86. The maximum atomic E-state index is 12.9. The third-order valence-electron chi connectivity index (χ3n) is 4.40. The van der Waals surface area contributed by atoms with Crippen LogP contribution in [0.5, 0.6) is 11.5 Å². The molecule has 0 radical (unpaired) electrons. The molecule has 0 fully saturated rings. The third kappa shape index (κ3) is 7.97. The molecule has 3 aromatic rings. The summed E-state index contributed by atoms with van der Waals surface area (Å²) in [6.07, 6.45) is 1.35. The number of ether oxygens (including phenoxy) is 2. The van der Waals surface area contributed by atoms with Gasteiger partial charge in [0, 0.05) is 5.69 Å². The molecule has 0 saturated carbocycles. The molecular weight excluding hydrogens is 455 g/mol. The van der Waals surface area contributed by atoms with Crippen molar-refractivity contribution < 1.29 is 28.2 Å². The van der Waals surface area contributed by atoms with Crippen LogP contribution < -0.4 is 25.5 Å². The minimum absolute atomic E-state index is 0.234. The lowest BCUT2D eigenvalue weighted by atomic mass is 10.2. The van der Waals surface area contributed by atoms with Crippen LogP contribution in [-0.4, -0.2) is 37.1 Å². The number of benzene rings is 3. The number of para-hydroxylation sites is 2. The Balaban J connectivity index is 1.44. The second kappa shape index (κ2) is 12.5. The molecule has 0 bridgehead atoms. The number of amides is 3. The lowest BCUT2D eigenvalue weighted by Gasteiger charge is -2.10. The molecule has 0 spiro atoms. The Morgan fingerprint density at radius 2 is 1.60 bits per heavy atom. The van der Waals surface area contributed by atoms with Crippen LogP contribution in [0.2, 0.25) is 0 Å². The highest BCUT2D eigenvalue weighted by molar-refractivity contribution is 6.39. The van der Waals surface area contributed by atoms with Crippen LogP contribution in [0, 0.1) is 5.82 Å². The molecule has 0 heterocycles. The summed E-state index contributed by atoms with van der Waals surface area (Å²) in [5, 5.41) is 8.84. The maximum absolute atomic E-state index is 12.9. The van der Waals surface area contributed by atoms with Gasteiger partial charge in [0.2, 0.25) is 0 Å². The van der Waals surface area contributed by atoms with Crippen LogP contribution in [-0.2, 0) is 14.4 Å². The number of carbonyl (C=O) groups is 3. The van der Waals surface area contributed by atoms with Crippen molar-refractivity contribution in [1.82, 2.24) is 5.43 Å². The van der Waals surface area contributed by atoms with E-state index in [-0.39, 0.29) is 6.61 Å². The second-order valence-corrected chi connectivity index (χ2v) is 7.00. The summed E-state index contributed by atoms with van der Waals surface area (Å²) in [5.74, 6) is -1.74. The van der Waals surface area contributed by atoms with Gasteiger partial charge in [-0.1, -0.05) is 12.1 Å². The van der Waals surface area contributed by atoms with Gasteiger partial charge in [-0.25, -0.2) is 9.82 Å². The van der Waals surface area contributed by atoms with Crippen LogP contribution in [0.1, 0.15) is 12.5 Å². The van der Waals surface area contributed by atoms with Gasteiger partial charge < -0.3 is 20.1 Å². The Kier molecular flexibility index (Phi) is 8.89. The van der Waals surface area contributed by atoms with Gasteiger partial charge in [0.1, 0.15) is 17.3 Å². The van der Waals surface area contributed by atoms with Gasteiger partial charge in [-0.05, 0) is 73.2 Å². The molecule has 3 amide bonds. The number of nitrogens with zero attached hydrogens (tertiary/aromatic N) is 1. The van der Waals surface area contributed by atoms with E-state index in [9.17, 15) is 18.8 Å². The van der Waals surface area contributed by atoms with Crippen molar-refractivity contribution >= 4 is 35.3 Å². The fraction of sp³-hybridized carbons (Fsp3) is 0.120. The SMILES string of the molecule is CCOc1ccccc1NC(=O)C(=O)N/N=C\c1ccc(OCC(=O)Nc2ccc(F)cc2)cc1. The summed E-state index contributed by atoms with van der Waals surface area (Å²) in [6.45, 7) is 1.99. The second-order valence-electron chi connectivity index (χ2n) is 7.00. The van der Waals surface area contributed by atoms with Crippen molar-refractivity contribution in [2.24, 2.45) is 5.10 Å². The Morgan fingerprint density at radius 1 is 0.886 bits per heavy atom. The van der Waals surface area contributed by atoms with Crippen LogP contribution in [0.3, 0.4) is 0 Å². The van der Waals surface area contributed by atoms with E-state index in [1.54, 1.807) is 48.5 Å². The molecule has 180 valence electrons. The highest BCUT2D eigenvalue weighted by atomic mass is 19.1. The number of halogens is 1. The molecule has 0 unspecified atom stereocenters. The molecule has 0 aliphatic rings. The first-order chi connectivity index (χ1) is 16.9. The van der Waals surface area contributed by atoms with Crippen molar-refractivity contribution in [2.75, 3.05) is 23.8 Å². The van der Waals surface area contributed by atoms with Crippen LogP contribution >= 0.6 is 0 Å². The summed E-state index contributed by atoms with van der Waals surface area (Å²) in [6, 6.07) is 18.7. The molecule has 10 heteroatoms. The number of nitrogens with one attached hydrogen (secondary N) is 3. The number of rotatable bonds is 9. The number of hydrogen-bond acceptors (Lipinski definition) is 6. The molecule has 3 rings (SSSR count). The molecule has 0 aliphatic heterocycles. The fourth-order valence-corrected chi connectivity index (χ4v) is 2.78. The van der Waals surface area contributed by atoms with Crippen molar-refractivity contribution in [2.45, 2.75) is 6.92 Å². The molecule has 0 aromatic heterocycles. The summed E-state index contributed by atoms with van der Waals surface area (Å²) in [4.78, 5) is 36.0. The van der Waals surface area contributed by atoms with E-state index in [1.807, 2.05) is 6.92 Å². The molecule has 3 aromatic carbocycles. The van der Waals surface area contributed by atoms with Gasteiger partial charge in [-0.2, -0.15) is 5.10 Å². The zero-order valence-corrected chi connectivity index (χ0v) is 18.8. The molecule has 0 saturated heterocycles. The van der Waals surface area contributed by atoms with E-state index in [1.165, 1.54) is 30.5 Å². The smallest absolute Gasteiger partial charge is 0.329 e. The first-order valence-corrected chi connectivity index (χ1v) is 10.6. The minimum atomic E-state index is -0.945. The normalized spacial score (nSPS) is 10.5. The highest BCUT2D eigenvalue weighted by Crippen LogP contribution is 2.23. The number of carbonyl (C=O) groups excluding carboxylic acids is 3. The van der Waals surface area contributed by atoms with Crippen molar-refractivity contribution in [1.29, 1.82) is 0 Å². The minimum Gasteiger partial charge on any atom is -0.492 e. The fourth-order valence-electron chi connectivity index (χ4n) is 2.78. The Bertz CT molecular complexity index is 1200. The van der Waals surface area contributed by atoms with Crippen molar-refractivity contribution in [3.05, 3.63) is 84.2 Å². The first kappa shape index (κ1) is 24.9. The summed E-state index contributed by atoms with van der Waals surface area (Å²) >= 11 is 0. The Morgan fingerprint density at radius 3 is 2.31 bits per heavy atom. The van der Waals surface area contributed by atoms with E-state index in [0.29, 0.717) is 35.0 Å². The largest absolute Gasteiger partial charge is 0.492 e. The van der Waals surface area contributed by atoms with Crippen LogP contribution in [0.15, 0.2) is 77.9 Å². The Hall–Kier alpha value is -4.73. The van der Waals surface area contributed by atoms with Gasteiger partial charge in [-0.3, -0.25) is 14.4 Å². The van der Waals surface area contributed by atoms with Gasteiger partial charge in [0.05, 0.1) is 18.5 Å². The quantitative estimate of drug-likeness (QED) is 0.248. The standard InChI is InChI=1S/C25H23FN4O5/c1-2-34-22-6-4-3-5-21(22)29-24(32)25(33)30-27-15-17-7-13-20(14-8-17)35-16-23(31)28-19-11-9-18(26)10-12-19/h3-15H,2,16H2,1H3,(H,28,31)(H,29,32)(H,30,33)/b27-15-. The maximum Gasteiger partial charge on any atom is 0.329 e. The molecular formula is C25H23FN4O5. The molecule has 9 nitrogen and oxygen atoms in total. The number of anilines is 2. The van der Waals surface area contributed by atoms with E-state index >= 15 is 0 Å². The topological polar surface area (TPSA) is 118 Å². The lowest BCUT2D eigenvalue weighted by molar-refractivity contribution is -0.136. The summed E-state index contributed by atoms with van der Waals surface area (Å²) in [5.41, 5.74) is 3.61. The predicted octanol–water partition coefficient (Wildman–Crippen LogP) is 3.33. The monoisotopic (exact) mass is 478 g/mol. The van der Waals surface area contributed by atoms with E-state index in [2.05, 4.69) is 21.2 Å². The van der Waals surface area contributed by atoms with Gasteiger partial charge in [0.15, 0.2) is 6.61 Å². The van der Waals surface area contributed by atoms with Crippen LogP contribution in [0.4, 0.5) is 15.8 Å². The Labute approximate surface area is 200 Å². The third-order valence-corrected chi connectivity index (χ3v) is 4.40. The lowest BCUT2D eigenvalue weighted by Crippen LogP contribution is -2.32. The van der Waals surface area contributed by atoms with Gasteiger partial charge >= 0.3 is 11.8 Å². The zero-order valence-electron chi connectivity index (χ0n) is 18.8. The van der Waals surface area contributed by atoms with Crippen LogP contribution in [0.25, 0.3) is 0 Å². The van der Waals surface area contributed by atoms with Crippen molar-refractivity contribution in [3.8, 4) is 11.5 Å². The van der Waals surface area contributed by atoms with Crippen molar-refractivity contribution in [3.63, 3.8) is 0 Å². The number of hydrogen-bond donors (Lipinski definition) is 3. The predicted molar refractivity (Wildman–Crippen MR) is 129 cm³/mol. The van der Waals surface area contributed by atoms with E-state index < -0.39 is 23.5 Å². The first-order valence-electron chi connectivity index (χ1n) is 10.6.